The van der Waals surface area contributed by atoms with Gasteiger partial charge in [0.05, 0.1) is 34.3 Å². The minimum Gasteiger partial charge on any atom is -0.452 e. The summed E-state index contributed by atoms with van der Waals surface area (Å²) in [6.45, 7) is -0.831. The number of imide groups is 1. The largest absolute Gasteiger partial charge is 0.452 e. The van der Waals surface area contributed by atoms with Crippen molar-refractivity contribution < 1.29 is 37.1 Å². The number of carbonyl (C=O) groups is 4. The first kappa shape index (κ1) is 27.1. The molecule has 2 aliphatic rings. The van der Waals surface area contributed by atoms with E-state index in [1.807, 2.05) is 30.3 Å². The predicted molar refractivity (Wildman–Crippen MR) is 139 cm³/mol. The number of nitrogens with one attached hydrogen (secondary N) is 1. The SMILES string of the molecule is O=C(COC(=O)c1cccc(N2C(=O)[C@@H]3CC[C@@H](c4ccccc4)C[C@H]3C2=O)c1)Nc1ccccc1C(F)(F)F. The van der Waals surface area contributed by atoms with E-state index in [4.69, 9.17) is 4.74 Å². The molecule has 1 N–H and O–H groups in total. The van der Waals surface area contributed by atoms with Crippen LogP contribution in [-0.2, 0) is 25.3 Å². The van der Waals surface area contributed by atoms with Gasteiger partial charge in [0.25, 0.3) is 5.91 Å². The van der Waals surface area contributed by atoms with E-state index in [1.165, 1.54) is 30.3 Å². The van der Waals surface area contributed by atoms with Gasteiger partial charge in [-0.15, -0.1) is 0 Å². The average molecular weight is 551 g/mol. The molecule has 3 aromatic carbocycles. The van der Waals surface area contributed by atoms with Crippen molar-refractivity contribution in [3.63, 3.8) is 0 Å². The number of rotatable bonds is 6. The molecule has 1 saturated heterocycles. The van der Waals surface area contributed by atoms with Crippen molar-refractivity contribution in [2.24, 2.45) is 11.8 Å². The molecule has 0 radical (unpaired) electrons. The van der Waals surface area contributed by atoms with Gasteiger partial charge in [0.2, 0.25) is 11.8 Å². The zero-order valence-electron chi connectivity index (χ0n) is 21.2. The lowest BCUT2D eigenvalue weighted by Gasteiger charge is -2.28. The molecule has 1 saturated carbocycles. The van der Waals surface area contributed by atoms with Crippen molar-refractivity contribution in [2.45, 2.75) is 31.4 Å². The van der Waals surface area contributed by atoms with Gasteiger partial charge < -0.3 is 10.1 Å². The number of carbonyl (C=O) groups excluding carboxylic acids is 4. The summed E-state index contributed by atoms with van der Waals surface area (Å²) in [7, 11) is 0. The van der Waals surface area contributed by atoms with Crippen LogP contribution >= 0.6 is 0 Å². The number of para-hydroxylation sites is 1. The molecule has 1 aliphatic heterocycles. The van der Waals surface area contributed by atoms with Crippen LogP contribution in [0, 0.1) is 11.8 Å². The molecule has 2 fully saturated rings. The number of esters is 1. The fourth-order valence-electron chi connectivity index (χ4n) is 5.47. The first-order valence-electron chi connectivity index (χ1n) is 12.8. The third kappa shape index (κ3) is 5.47. The smallest absolute Gasteiger partial charge is 0.418 e. The predicted octanol–water partition coefficient (Wildman–Crippen LogP) is 5.57. The number of nitrogens with zero attached hydrogens (tertiary/aromatic N) is 1. The Labute approximate surface area is 227 Å². The Hall–Kier alpha value is -4.47. The van der Waals surface area contributed by atoms with Crippen molar-refractivity contribution in [3.8, 4) is 0 Å². The fraction of sp³-hybridized carbons (Fsp3) is 0.267. The lowest BCUT2D eigenvalue weighted by atomic mass is 9.73. The number of amides is 3. The first-order valence-corrected chi connectivity index (χ1v) is 12.8. The Balaban J connectivity index is 1.24. The monoisotopic (exact) mass is 550 g/mol. The van der Waals surface area contributed by atoms with Crippen molar-refractivity contribution in [3.05, 3.63) is 95.6 Å². The summed E-state index contributed by atoms with van der Waals surface area (Å²) in [4.78, 5) is 52.5. The Morgan fingerprint density at radius 3 is 2.33 bits per heavy atom. The maximum atomic E-state index is 13.4. The maximum absolute atomic E-state index is 13.4. The van der Waals surface area contributed by atoms with Crippen LogP contribution in [-0.4, -0.2) is 30.3 Å². The van der Waals surface area contributed by atoms with Gasteiger partial charge in [-0.25, -0.2) is 4.79 Å². The highest BCUT2D eigenvalue weighted by Crippen LogP contribution is 2.45. The Kier molecular flexibility index (Phi) is 7.42. The summed E-state index contributed by atoms with van der Waals surface area (Å²) in [6, 6.07) is 20.1. The van der Waals surface area contributed by atoms with Gasteiger partial charge in [0.1, 0.15) is 0 Å². The van der Waals surface area contributed by atoms with Crippen LogP contribution in [0.4, 0.5) is 24.5 Å². The summed E-state index contributed by atoms with van der Waals surface area (Å²) in [5.41, 5.74) is -0.148. The number of anilines is 2. The number of hydrogen-bond donors (Lipinski definition) is 1. The van der Waals surface area contributed by atoms with E-state index in [2.05, 4.69) is 5.32 Å². The third-order valence-electron chi connectivity index (χ3n) is 7.38. The zero-order valence-corrected chi connectivity index (χ0v) is 21.2. The Morgan fingerprint density at radius 2 is 1.57 bits per heavy atom. The molecular formula is C30H25F3N2O5. The van der Waals surface area contributed by atoms with Gasteiger partial charge in [-0.05, 0) is 61.1 Å². The highest BCUT2D eigenvalue weighted by atomic mass is 19.4. The van der Waals surface area contributed by atoms with Crippen LogP contribution < -0.4 is 10.2 Å². The third-order valence-corrected chi connectivity index (χ3v) is 7.38. The minimum absolute atomic E-state index is 0.0152. The molecule has 0 unspecified atom stereocenters. The molecule has 0 spiro atoms. The number of halogens is 3. The van der Waals surface area contributed by atoms with Gasteiger partial charge in [-0.1, -0.05) is 48.5 Å². The van der Waals surface area contributed by atoms with Crippen molar-refractivity contribution >= 4 is 35.1 Å². The molecule has 5 rings (SSSR count). The van der Waals surface area contributed by atoms with E-state index in [9.17, 15) is 32.3 Å². The van der Waals surface area contributed by atoms with Gasteiger partial charge in [0.15, 0.2) is 6.61 Å². The molecule has 0 aromatic heterocycles. The number of hydrogen-bond acceptors (Lipinski definition) is 5. The minimum atomic E-state index is -4.68. The van der Waals surface area contributed by atoms with Crippen molar-refractivity contribution in [1.29, 1.82) is 0 Å². The molecule has 40 heavy (non-hydrogen) atoms. The Bertz CT molecular complexity index is 1460. The highest BCUT2D eigenvalue weighted by Gasteiger charge is 2.50. The van der Waals surface area contributed by atoms with Crippen LogP contribution in [0.3, 0.4) is 0 Å². The number of ether oxygens (including phenoxy) is 1. The van der Waals surface area contributed by atoms with E-state index >= 15 is 0 Å². The van der Waals surface area contributed by atoms with E-state index in [0.717, 1.165) is 29.0 Å². The highest BCUT2D eigenvalue weighted by molar-refractivity contribution is 6.22. The van der Waals surface area contributed by atoms with Crippen LogP contribution in [0.2, 0.25) is 0 Å². The number of benzene rings is 3. The summed E-state index contributed by atoms with van der Waals surface area (Å²) in [5.74, 6) is -3.21. The fourth-order valence-corrected chi connectivity index (χ4v) is 5.47. The molecular weight excluding hydrogens is 525 g/mol. The topological polar surface area (TPSA) is 92.8 Å². The van der Waals surface area contributed by atoms with E-state index in [-0.39, 0.29) is 29.0 Å². The van der Waals surface area contributed by atoms with Crippen LogP contribution in [0.25, 0.3) is 0 Å². The van der Waals surface area contributed by atoms with Gasteiger partial charge in [-0.2, -0.15) is 13.2 Å². The van der Waals surface area contributed by atoms with Gasteiger partial charge >= 0.3 is 12.1 Å². The van der Waals surface area contributed by atoms with Crippen LogP contribution in [0.15, 0.2) is 78.9 Å². The second-order valence-electron chi connectivity index (χ2n) is 9.86. The second kappa shape index (κ2) is 11.0. The van der Waals surface area contributed by atoms with Crippen LogP contribution in [0.1, 0.15) is 46.7 Å². The molecule has 10 heteroatoms. The van der Waals surface area contributed by atoms with Gasteiger partial charge in [-0.3, -0.25) is 19.3 Å². The quantitative estimate of drug-likeness (QED) is 0.320. The molecule has 0 bridgehead atoms. The van der Waals surface area contributed by atoms with Crippen molar-refractivity contribution in [1.82, 2.24) is 0 Å². The zero-order chi connectivity index (χ0) is 28.4. The number of alkyl halides is 3. The molecule has 1 aliphatic carbocycles. The standard InChI is InChI=1S/C30H25F3N2O5/c31-30(32,33)24-11-4-5-12-25(24)34-26(36)17-40-29(39)20-9-6-10-21(15-20)35-27(37)22-14-13-19(16-23(22)28(35)38)18-7-2-1-3-8-18/h1-12,15,19,22-23H,13-14,16-17H2,(H,34,36)/t19-,22-,23-/m1/s1. The summed E-state index contributed by atoms with van der Waals surface area (Å²) in [5, 5.41) is 2.10. The normalized spacial score (nSPS) is 20.7. The molecule has 1 heterocycles. The van der Waals surface area contributed by atoms with E-state index < -0.39 is 47.7 Å². The maximum Gasteiger partial charge on any atom is 0.418 e. The molecule has 3 atom stereocenters. The molecule has 3 amide bonds. The lowest BCUT2D eigenvalue weighted by Crippen LogP contribution is -2.31. The van der Waals surface area contributed by atoms with E-state index in [0.29, 0.717) is 12.8 Å². The Morgan fingerprint density at radius 1 is 0.875 bits per heavy atom. The molecule has 7 nitrogen and oxygen atoms in total. The summed E-state index contributed by atoms with van der Waals surface area (Å²) in [6.07, 6.45) is -2.74. The first-order chi connectivity index (χ1) is 19.1. The molecule has 3 aromatic rings. The number of fused-ring (bicyclic) bond motifs is 1. The van der Waals surface area contributed by atoms with Gasteiger partial charge in [0, 0.05) is 0 Å². The average Bonchev–Trinajstić information content (AvgIpc) is 3.20. The van der Waals surface area contributed by atoms with Crippen LogP contribution in [0.5, 0.6) is 0 Å². The second-order valence-corrected chi connectivity index (χ2v) is 9.86. The van der Waals surface area contributed by atoms with E-state index in [1.54, 1.807) is 6.07 Å². The van der Waals surface area contributed by atoms with Crippen molar-refractivity contribution in [2.75, 3.05) is 16.8 Å². The summed E-state index contributed by atoms with van der Waals surface area (Å²) < 4.78 is 44.5. The summed E-state index contributed by atoms with van der Waals surface area (Å²) >= 11 is 0. The molecule has 206 valence electrons. The lowest BCUT2D eigenvalue weighted by molar-refractivity contribution is -0.137.